The van der Waals surface area contributed by atoms with Crippen LogP contribution in [0.5, 0.6) is 11.5 Å². The van der Waals surface area contributed by atoms with E-state index in [1.54, 1.807) is 18.2 Å². The highest BCUT2D eigenvalue weighted by Gasteiger charge is 2.16. The van der Waals surface area contributed by atoms with Gasteiger partial charge in [0.25, 0.3) is 0 Å². The molecule has 0 N–H and O–H groups in total. The number of aromatic nitrogens is 3. The smallest absolute Gasteiger partial charge is 0.231 e. The summed E-state index contributed by atoms with van der Waals surface area (Å²) < 4.78 is 11.9. The number of hydrogen-bond donors (Lipinski definition) is 0. The van der Waals surface area contributed by atoms with Crippen LogP contribution in [-0.4, -0.2) is 27.3 Å². The van der Waals surface area contributed by atoms with E-state index in [4.69, 9.17) is 9.47 Å². The zero-order chi connectivity index (χ0) is 11.7. The van der Waals surface area contributed by atoms with Gasteiger partial charge in [0.05, 0.1) is 0 Å². The first-order valence-electron chi connectivity index (χ1n) is 5.08. The van der Waals surface area contributed by atoms with Gasteiger partial charge >= 0.3 is 0 Å². The lowest BCUT2D eigenvalue weighted by Gasteiger charge is -2.02. The quantitative estimate of drug-likeness (QED) is 0.734. The first-order valence-corrected chi connectivity index (χ1v) is 5.08. The van der Waals surface area contributed by atoms with E-state index in [1.165, 1.54) is 17.3 Å². The average molecular weight is 231 g/mol. The minimum absolute atomic E-state index is 0.0474. The molecule has 17 heavy (non-hydrogen) atoms. The highest BCUT2D eigenvalue weighted by Crippen LogP contribution is 2.32. The summed E-state index contributed by atoms with van der Waals surface area (Å²) in [7, 11) is 0. The molecule has 0 aliphatic carbocycles. The Morgan fingerprint density at radius 3 is 3.06 bits per heavy atom. The molecule has 2 aromatic rings. The van der Waals surface area contributed by atoms with Gasteiger partial charge in [-0.1, -0.05) is 0 Å². The summed E-state index contributed by atoms with van der Waals surface area (Å²) in [6.07, 6.45) is 2.90. The van der Waals surface area contributed by atoms with Gasteiger partial charge in [-0.25, -0.2) is 9.67 Å². The van der Waals surface area contributed by atoms with Gasteiger partial charge in [0.1, 0.15) is 19.2 Å². The Kier molecular flexibility index (Phi) is 2.25. The molecule has 0 saturated heterocycles. The molecule has 0 bridgehead atoms. The number of nitrogens with zero attached hydrogens (tertiary/aromatic N) is 3. The fraction of sp³-hybridized carbons (Fsp3) is 0.182. The third kappa shape index (κ3) is 1.84. The van der Waals surface area contributed by atoms with Gasteiger partial charge in [0, 0.05) is 5.56 Å². The normalized spacial score (nSPS) is 12.7. The predicted molar refractivity (Wildman–Crippen MR) is 56.9 cm³/mol. The Morgan fingerprint density at radius 2 is 2.24 bits per heavy atom. The summed E-state index contributed by atoms with van der Waals surface area (Å²) in [5, 5.41) is 3.88. The van der Waals surface area contributed by atoms with Crippen LogP contribution in [0.3, 0.4) is 0 Å². The fourth-order valence-corrected chi connectivity index (χ4v) is 1.62. The van der Waals surface area contributed by atoms with Crippen molar-refractivity contribution in [2.75, 3.05) is 6.79 Å². The number of carbonyl (C=O) groups is 1. The van der Waals surface area contributed by atoms with Crippen LogP contribution in [0.4, 0.5) is 0 Å². The van der Waals surface area contributed by atoms with Crippen LogP contribution in [0, 0.1) is 0 Å². The summed E-state index contributed by atoms with van der Waals surface area (Å²) in [4.78, 5) is 15.7. The van der Waals surface area contributed by atoms with Crippen molar-refractivity contribution in [3.8, 4) is 11.5 Å². The van der Waals surface area contributed by atoms with E-state index < -0.39 is 0 Å². The van der Waals surface area contributed by atoms with Crippen LogP contribution in [0.2, 0.25) is 0 Å². The maximum Gasteiger partial charge on any atom is 0.231 e. The third-order valence-corrected chi connectivity index (χ3v) is 2.47. The maximum atomic E-state index is 11.9. The van der Waals surface area contributed by atoms with Crippen molar-refractivity contribution < 1.29 is 14.3 Å². The van der Waals surface area contributed by atoms with Crippen LogP contribution in [0.15, 0.2) is 30.9 Å². The van der Waals surface area contributed by atoms with Crippen molar-refractivity contribution in [1.29, 1.82) is 0 Å². The Hall–Kier alpha value is -2.37. The zero-order valence-corrected chi connectivity index (χ0v) is 8.87. The number of fused-ring (bicyclic) bond motifs is 1. The van der Waals surface area contributed by atoms with Crippen LogP contribution in [0.1, 0.15) is 10.4 Å². The van der Waals surface area contributed by atoms with E-state index in [2.05, 4.69) is 10.1 Å². The molecule has 0 saturated carbocycles. The van der Waals surface area contributed by atoms with E-state index in [-0.39, 0.29) is 19.1 Å². The van der Waals surface area contributed by atoms with E-state index in [1.807, 2.05) is 0 Å². The van der Waals surface area contributed by atoms with Gasteiger partial charge in [-0.3, -0.25) is 4.79 Å². The molecule has 86 valence electrons. The SMILES string of the molecule is O=C(Cn1cncn1)c1ccc2c(c1)OCO2. The van der Waals surface area contributed by atoms with E-state index >= 15 is 0 Å². The topological polar surface area (TPSA) is 66.2 Å². The highest BCUT2D eigenvalue weighted by atomic mass is 16.7. The van der Waals surface area contributed by atoms with Crippen LogP contribution >= 0.6 is 0 Å². The summed E-state index contributed by atoms with van der Waals surface area (Å²) in [6.45, 7) is 0.371. The lowest BCUT2D eigenvalue weighted by Crippen LogP contribution is -2.10. The first-order chi connectivity index (χ1) is 8.33. The molecule has 1 aliphatic heterocycles. The number of ether oxygens (including phenoxy) is 2. The second kappa shape index (κ2) is 3.89. The van der Waals surface area contributed by atoms with Gasteiger partial charge in [-0.05, 0) is 18.2 Å². The first kappa shape index (κ1) is 9.83. The van der Waals surface area contributed by atoms with Crippen LogP contribution in [0.25, 0.3) is 0 Å². The molecule has 2 heterocycles. The number of hydrogen-bond acceptors (Lipinski definition) is 5. The van der Waals surface area contributed by atoms with Gasteiger partial charge in [0.2, 0.25) is 6.79 Å². The van der Waals surface area contributed by atoms with Crippen molar-refractivity contribution in [3.05, 3.63) is 36.4 Å². The second-order valence-corrected chi connectivity index (χ2v) is 3.58. The summed E-state index contributed by atoms with van der Waals surface area (Å²) in [5.74, 6) is 1.23. The molecule has 1 aromatic carbocycles. The molecule has 0 fully saturated rings. The van der Waals surface area contributed by atoms with E-state index in [9.17, 15) is 4.79 Å². The number of ketones is 1. The minimum atomic E-state index is -0.0474. The predicted octanol–water partition coefficient (Wildman–Crippen LogP) is 0.890. The number of carbonyl (C=O) groups excluding carboxylic acids is 1. The molecular weight excluding hydrogens is 222 g/mol. The lowest BCUT2D eigenvalue weighted by molar-refractivity contribution is 0.0967. The molecule has 6 nitrogen and oxygen atoms in total. The zero-order valence-electron chi connectivity index (χ0n) is 8.87. The Balaban J connectivity index is 1.82. The van der Waals surface area contributed by atoms with Crippen molar-refractivity contribution in [3.63, 3.8) is 0 Å². The number of benzene rings is 1. The molecule has 0 amide bonds. The largest absolute Gasteiger partial charge is 0.454 e. The molecule has 1 aromatic heterocycles. The van der Waals surface area contributed by atoms with Gasteiger partial charge < -0.3 is 9.47 Å². The highest BCUT2D eigenvalue weighted by molar-refractivity contribution is 5.96. The summed E-state index contributed by atoms with van der Waals surface area (Å²) in [6, 6.07) is 5.13. The molecule has 1 aliphatic rings. The van der Waals surface area contributed by atoms with Crippen LogP contribution in [-0.2, 0) is 6.54 Å². The third-order valence-electron chi connectivity index (χ3n) is 2.47. The fourth-order valence-electron chi connectivity index (χ4n) is 1.62. The summed E-state index contributed by atoms with van der Waals surface area (Å²) >= 11 is 0. The average Bonchev–Trinajstić information content (AvgIpc) is 2.97. The van der Waals surface area contributed by atoms with Crippen molar-refractivity contribution in [2.24, 2.45) is 0 Å². The molecule has 6 heteroatoms. The lowest BCUT2D eigenvalue weighted by atomic mass is 10.1. The van der Waals surface area contributed by atoms with E-state index in [0.29, 0.717) is 17.1 Å². The molecule has 3 rings (SSSR count). The minimum Gasteiger partial charge on any atom is -0.454 e. The summed E-state index contributed by atoms with van der Waals surface area (Å²) in [5.41, 5.74) is 0.574. The van der Waals surface area contributed by atoms with Gasteiger partial charge in [0.15, 0.2) is 17.3 Å². The van der Waals surface area contributed by atoms with Crippen molar-refractivity contribution in [2.45, 2.75) is 6.54 Å². The van der Waals surface area contributed by atoms with Crippen LogP contribution < -0.4 is 9.47 Å². The molecule has 0 spiro atoms. The Bertz CT molecular complexity index is 551. The maximum absolute atomic E-state index is 11.9. The standard InChI is InChI=1S/C11H9N3O3/c15-9(4-14-6-12-5-13-14)8-1-2-10-11(3-8)17-7-16-10/h1-3,5-6H,4,7H2. The molecule has 0 radical (unpaired) electrons. The molecule has 0 unspecified atom stereocenters. The Morgan fingerprint density at radius 1 is 1.35 bits per heavy atom. The molecular formula is C11H9N3O3. The number of rotatable bonds is 3. The van der Waals surface area contributed by atoms with Gasteiger partial charge in [-0.2, -0.15) is 5.10 Å². The van der Waals surface area contributed by atoms with Crippen molar-refractivity contribution in [1.82, 2.24) is 14.8 Å². The van der Waals surface area contributed by atoms with Gasteiger partial charge in [-0.15, -0.1) is 0 Å². The Labute approximate surface area is 96.8 Å². The van der Waals surface area contributed by atoms with Crippen molar-refractivity contribution >= 4 is 5.78 Å². The second-order valence-electron chi connectivity index (χ2n) is 3.58. The van der Waals surface area contributed by atoms with E-state index in [0.717, 1.165) is 0 Å². The molecule has 0 atom stereocenters. The number of Topliss-reactive ketones (excluding diaryl/α,β-unsaturated/α-hetero) is 1. The monoisotopic (exact) mass is 231 g/mol.